The standard InChI is InChI=1S/C27H34F3N5O2/c28-27(29,30)20-6-13-33-23(17-20)35-15-7-19(8-16-35)24(36)25(11-14-31-18-25)34-21-4-9-26(37,10-5-21)22-3-1-2-12-32-22/h1-3,6,12-13,17,19,21,31,34,37H,4-5,7-11,14-16,18H2/t21?,25-,26?/m0/s1. The molecule has 3 fully saturated rings. The van der Waals surface area contributed by atoms with E-state index in [9.17, 15) is 23.1 Å². The first-order valence-electron chi connectivity index (χ1n) is 13.1. The molecule has 4 heterocycles. The van der Waals surface area contributed by atoms with E-state index in [1.54, 1.807) is 6.20 Å². The predicted molar refractivity (Wildman–Crippen MR) is 133 cm³/mol. The number of carbonyl (C=O) groups excluding carboxylic acids is 1. The number of aliphatic hydroxyl groups is 1. The molecular formula is C27H34F3N5O2. The second-order valence-corrected chi connectivity index (χ2v) is 10.7. The van der Waals surface area contributed by atoms with Gasteiger partial charge in [-0.05, 0) is 75.8 Å². The SMILES string of the molecule is O=C(C1CCN(c2cc(C(F)(F)F)ccn2)CC1)[C@]1(NC2CCC(O)(c3ccccn3)CC2)CCNC1. The first-order chi connectivity index (χ1) is 17.7. The van der Waals surface area contributed by atoms with Crippen molar-refractivity contribution in [2.45, 2.75) is 68.3 Å². The van der Waals surface area contributed by atoms with E-state index in [2.05, 4.69) is 20.6 Å². The molecule has 3 aliphatic rings. The second-order valence-electron chi connectivity index (χ2n) is 10.7. The number of pyridine rings is 2. The number of alkyl halides is 3. The molecule has 2 aliphatic heterocycles. The van der Waals surface area contributed by atoms with Crippen LogP contribution in [-0.2, 0) is 16.6 Å². The van der Waals surface area contributed by atoms with Gasteiger partial charge in [-0.1, -0.05) is 6.07 Å². The summed E-state index contributed by atoms with van der Waals surface area (Å²) in [6, 6.07) is 7.77. The van der Waals surface area contributed by atoms with E-state index in [1.165, 1.54) is 6.20 Å². The molecule has 0 bridgehead atoms. The van der Waals surface area contributed by atoms with Crippen molar-refractivity contribution < 1.29 is 23.1 Å². The summed E-state index contributed by atoms with van der Waals surface area (Å²) in [5, 5.41) is 18.2. The lowest BCUT2D eigenvalue weighted by Gasteiger charge is -2.42. The predicted octanol–water partition coefficient (Wildman–Crippen LogP) is 3.43. The highest BCUT2D eigenvalue weighted by molar-refractivity contribution is 5.91. The highest BCUT2D eigenvalue weighted by atomic mass is 19.4. The lowest BCUT2D eigenvalue weighted by Crippen LogP contribution is -2.61. The highest BCUT2D eigenvalue weighted by Crippen LogP contribution is 2.38. The fourth-order valence-corrected chi connectivity index (χ4v) is 6.15. The molecule has 200 valence electrons. The zero-order valence-corrected chi connectivity index (χ0v) is 20.8. The minimum absolute atomic E-state index is 0.127. The summed E-state index contributed by atoms with van der Waals surface area (Å²) in [6.07, 6.45) is 3.04. The summed E-state index contributed by atoms with van der Waals surface area (Å²) < 4.78 is 39.4. The Kier molecular flexibility index (Phi) is 7.26. The summed E-state index contributed by atoms with van der Waals surface area (Å²) in [5.41, 5.74) is -1.59. The molecule has 2 aromatic rings. The number of hydrogen-bond acceptors (Lipinski definition) is 7. The van der Waals surface area contributed by atoms with E-state index in [0.717, 1.165) is 31.5 Å². The molecular weight excluding hydrogens is 483 g/mol. The molecule has 0 radical (unpaired) electrons. The second kappa shape index (κ2) is 10.3. The van der Waals surface area contributed by atoms with E-state index >= 15 is 0 Å². The third-order valence-electron chi connectivity index (χ3n) is 8.32. The Morgan fingerprint density at radius 2 is 1.81 bits per heavy atom. The number of carbonyl (C=O) groups is 1. The van der Waals surface area contributed by atoms with E-state index in [0.29, 0.717) is 63.3 Å². The van der Waals surface area contributed by atoms with Crippen LogP contribution in [0.1, 0.15) is 56.2 Å². The van der Waals surface area contributed by atoms with Gasteiger partial charge >= 0.3 is 6.18 Å². The minimum Gasteiger partial charge on any atom is -0.384 e. The van der Waals surface area contributed by atoms with Crippen LogP contribution >= 0.6 is 0 Å². The molecule has 10 heteroatoms. The summed E-state index contributed by atoms with van der Waals surface area (Å²) in [4.78, 5) is 24.2. The molecule has 2 saturated heterocycles. The van der Waals surface area contributed by atoms with Gasteiger partial charge in [0.25, 0.3) is 0 Å². The Balaban J connectivity index is 1.20. The molecule has 0 spiro atoms. The number of ketones is 1. The van der Waals surface area contributed by atoms with E-state index in [1.807, 2.05) is 23.1 Å². The van der Waals surface area contributed by atoms with Crippen molar-refractivity contribution in [1.29, 1.82) is 0 Å². The number of piperidine rings is 1. The van der Waals surface area contributed by atoms with Crippen LogP contribution in [0.2, 0.25) is 0 Å². The number of nitrogens with zero attached hydrogens (tertiary/aromatic N) is 3. The number of aromatic nitrogens is 2. The third kappa shape index (κ3) is 5.51. The molecule has 2 aromatic heterocycles. The van der Waals surface area contributed by atoms with Crippen molar-refractivity contribution in [3.05, 3.63) is 54.0 Å². The van der Waals surface area contributed by atoms with E-state index in [4.69, 9.17) is 0 Å². The Bertz CT molecular complexity index is 1070. The number of Topliss-reactive ketones (excluding diaryl/α,β-unsaturated/α-hetero) is 1. The van der Waals surface area contributed by atoms with Gasteiger partial charge in [0.15, 0.2) is 5.78 Å². The van der Waals surface area contributed by atoms with Crippen LogP contribution in [0.15, 0.2) is 42.7 Å². The van der Waals surface area contributed by atoms with Gasteiger partial charge in [0, 0.05) is 44.0 Å². The van der Waals surface area contributed by atoms with Gasteiger partial charge in [0.2, 0.25) is 0 Å². The van der Waals surface area contributed by atoms with Crippen molar-refractivity contribution >= 4 is 11.6 Å². The molecule has 37 heavy (non-hydrogen) atoms. The maximum absolute atomic E-state index is 13.8. The summed E-state index contributed by atoms with van der Waals surface area (Å²) in [5.74, 6) is 0.349. The topological polar surface area (TPSA) is 90.4 Å². The van der Waals surface area contributed by atoms with Gasteiger partial charge in [-0.2, -0.15) is 13.2 Å². The van der Waals surface area contributed by atoms with Gasteiger partial charge in [-0.15, -0.1) is 0 Å². The molecule has 1 aliphatic carbocycles. The van der Waals surface area contributed by atoms with Gasteiger partial charge < -0.3 is 20.6 Å². The minimum atomic E-state index is -4.41. The summed E-state index contributed by atoms with van der Waals surface area (Å²) >= 11 is 0. The van der Waals surface area contributed by atoms with Gasteiger partial charge in [0.05, 0.1) is 16.8 Å². The monoisotopic (exact) mass is 517 g/mol. The molecule has 1 saturated carbocycles. The summed E-state index contributed by atoms with van der Waals surface area (Å²) in [6.45, 7) is 2.32. The van der Waals surface area contributed by atoms with Crippen molar-refractivity contribution in [2.24, 2.45) is 5.92 Å². The largest absolute Gasteiger partial charge is 0.416 e. The average Bonchev–Trinajstić information content (AvgIpc) is 3.39. The normalized spacial score (nSPS) is 29.4. The smallest absolute Gasteiger partial charge is 0.384 e. The van der Waals surface area contributed by atoms with E-state index < -0.39 is 22.9 Å². The first kappa shape index (κ1) is 26.1. The fraction of sp³-hybridized carbons (Fsp3) is 0.593. The lowest BCUT2D eigenvalue weighted by atomic mass is 9.76. The fourth-order valence-electron chi connectivity index (χ4n) is 6.15. The maximum Gasteiger partial charge on any atom is 0.416 e. The van der Waals surface area contributed by atoms with Crippen molar-refractivity contribution in [2.75, 3.05) is 31.1 Å². The van der Waals surface area contributed by atoms with Crippen LogP contribution in [-0.4, -0.2) is 58.6 Å². The highest BCUT2D eigenvalue weighted by Gasteiger charge is 2.47. The van der Waals surface area contributed by atoms with Gasteiger partial charge in [0.1, 0.15) is 11.4 Å². The van der Waals surface area contributed by atoms with Crippen LogP contribution in [0, 0.1) is 5.92 Å². The lowest BCUT2D eigenvalue weighted by molar-refractivity contribution is -0.137. The van der Waals surface area contributed by atoms with Gasteiger partial charge in [-0.25, -0.2) is 4.98 Å². The maximum atomic E-state index is 13.8. The van der Waals surface area contributed by atoms with Crippen molar-refractivity contribution in [1.82, 2.24) is 20.6 Å². The number of hydrogen-bond donors (Lipinski definition) is 3. The van der Waals surface area contributed by atoms with Crippen LogP contribution < -0.4 is 15.5 Å². The third-order valence-corrected chi connectivity index (χ3v) is 8.32. The first-order valence-corrected chi connectivity index (χ1v) is 13.1. The number of anilines is 1. The molecule has 0 unspecified atom stereocenters. The van der Waals surface area contributed by atoms with E-state index in [-0.39, 0.29) is 17.7 Å². The molecule has 7 nitrogen and oxygen atoms in total. The van der Waals surface area contributed by atoms with Crippen LogP contribution in [0.3, 0.4) is 0 Å². The van der Waals surface area contributed by atoms with Crippen molar-refractivity contribution in [3.63, 3.8) is 0 Å². The Hall–Kier alpha value is -2.56. The molecule has 3 N–H and O–H groups in total. The molecule has 0 amide bonds. The van der Waals surface area contributed by atoms with Crippen LogP contribution in [0.5, 0.6) is 0 Å². The Morgan fingerprint density at radius 1 is 1.05 bits per heavy atom. The van der Waals surface area contributed by atoms with Crippen molar-refractivity contribution in [3.8, 4) is 0 Å². The number of nitrogens with one attached hydrogen (secondary N) is 2. The average molecular weight is 518 g/mol. The molecule has 0 aromatic carbocycles. The van der Waals surface area contributed by atoms with Crippen LogP contribution in [0.4, 0.5) is 19.0 Å². The van der Waals surface area contributed by atoms with Crippen LogP contribution in [0.25, 0.3) is 0 Å². The number of halogens is 3. The quantitative estimate of drug-likeness (QED) is 0.541. The molecule has 5 rings (SSSR count). The Morgan fingerprint density at radius 3 is 2.43 bits per heavy atom. The number of rotatable bonds is 6. The Labute approximate surface area is 214 Å². The molecule has 1 atom stereocenters. The zero-order chi connectivity index (χ0) is 26.1. The summed E-state index contributed by atoms with van der Waals surface area (Å²) in [7, 11) is 0. The zero-order valence-electron chi connectivity index (χ0n) is 20.8. The van der Waals surface area contributed by atoms with Gasteiger partial charge in [-0.3, -0.25) is 9.78 Å².